The van der Waals surface area contributed by atoms with Crippen molar-refractivity contribution in [3.63, 3.8) is 0 Å². The van der Waals surface area contributed by atoms with Crippen LogP contribution < -0.4 is 10.1 Å². The van der Waals surface area contributed by atoms with Crippen LogP contribution in [0.2, 0.25) is 0 Å². The Hall–Kier alpha value is -3.08. The molecule has 0 unspecified atom stereocenters. The molecule has 0 fully saturated rings. The van der Waals surface area contributed by atoms with Crippen LogP contribution in [0.25, 0.3) is 11.0 Å². The van der Waals surface area contributed by atoms with Gasteiger partial charge < -0.3 is 14.6 Å². The highest BCUT2D eigenvalue weighted by Gasteiger charge is 2.10. The van der Waals surface area contributed by atoms with Gasteiger partial charge in [-0.3, -0.25) is 4.79 Å². The van der Waals surface area contributed by atoms with Gasteiger partial charge in [-0.2, -0.15) is 0 Å². The van der Waals surface area contributed by atoms with Crippen LogP contribution in [0.1, 0.15) is 30.3 Å². The number of allylic oxidation sites excluding steroid dienone is 1. The normalized spacial score (nSPS) is 11.3. The summed E-state index contributed by atoms with van der Waals surface area (Å²) in [5.41, 5.74) is 4.52. The van der Waals surface area contributed by atoms with Crippen LogP contribution >= 0.6 is 0 Å². The van der Waals surface area contributed by atoms with E-state index >= 15 is 0 Å². The monoisotopic (exact) mass is 391 g/mol. The lowest BCUT2D eigenvalue weighted by molar-refractivity contribution is -0.116. The Labute approximate surface area is 172 Å². The molecular formula is C24H29N3O2. The lowest BCUT2D eigenvalue weighted by atomic mass is 10.1. The lowest BCUT2D eigenvalue weighted by Crippen LogP contribution is -2.24. The van der Waals surface area contributed by atoms with Crippen molar-refractivity contribution in [3.05, 3.63) is 71.6 Å². The van der Waals surface area contributed by atoms with Crippen molar-refractivity contribution in [2.24, 2.45) is 0 Å². The summed E-state index contributed by atoms with van der Waals surface area (Å²) < 4.78 is 8.20. The lowest BCUT2D eigenvalue weighted by Gasteiger charge is -2.11. The van der Waals surface area contributed by atoms with Crippen molar-refractivity contribution in [1.29, 1.82) is 0 Å². The summed E-state index contributed by atoms with van der Waals surface area (Å²) in [5, 5.41) is 2.90. The largest absolute Gasteiger partial charge is 0.494 e. The van der Waals surface area contributed by atoms with E-state index in [1.165, 1.54) is 17.2 Å². The number of carbonyl (C=O) groups excluding carboxylic acids is 1. The van der Waals surface area contributed by atoms with E-state index in [4.69, 9.17) is 9.72 Å². The maximum atomic E-state index is 11.6. The Morgan fingerprint density at radius 3 is 2.69 bits per heavy atom. The molecule has 0 atom stereocenters. The van der Waals surface area contributed by atoms with Crippen LogP contribution in [-0.2, 0) is 17.8 Å². The number of para-hydroxylation sites is 2. The minimum atomic E-state index is -0.0722. The Bertz CT molecular complexity index is 984. The summed E-state index contributed by atoms with van der Waals surface area (Å²) in [7, 11) is 0. The van der Waals surface area contributed by atoms with Gasteiger partial charge in [0.25, 0.3) is 0 Å². The number of hydrogen-bond acceptors (Lipinski definition) is 3. The Kier molecular flexibility index (Phi) is 7.06. The van der Waals surface area contributed by atoms with Crippen LogP contribution in [0.15, 0.2) is 54.6 Å². The zero-order valence-corrected chi connectivity index (χ0v) is 17.4. The van der Waals surface area contributed by atoms with Crippen LogP contribution in [0, 0.1) is 13.8 Å². The van der Waals surface area contributed by atoms with Crippen molar-refractivity contribution in [3.8, 4) is 5.75 Å². The van der Waals surface area contributed by atoms with Crippen molar-refractivity contribution in [1.82, 2.24) is 14.9 Å². The molecule has 0 aliphatic carbocycles. The first-order valence-electron chi connectivity index (χ1n) is 10.1. The number of imidazole rings is 1. The third-order valence-electron chi connectivity index (χ3n) is 4.69. The fraction of sp³-hybridized carbons (Fsp3) is 0.333. The molecule has 3 rings (SSSR count). The molecular weight excluding hydrogens is 362 g/mol. The summed E-state index contributed by atoms with van der Waals surface area (Å²) in [6, 6.07) is 14.4. The number of fused-ring (bicyclic) bond motifs is 1. The molecule has 2 aromatic carbocycles. The Morgan fingerprint density at radius 2 is 1.93 bits per heavy atom. The average molecular weight is 392 g/mol. The quantitative estimate of drug-likeness (QED) is 0.436. The van der Waals surface area contributed by atoms with Crippen LogP contribution in [-0.4, -0.2) is 28.6 Å². The number of hydrogen-bond donors (Lipinski definition) is 1. The van der Waals surface area contributed by atoms with E-state index in [0.717, 1.165) is 35.6 Å². The Morgan fingerprint density at radius 1 is 1.17 bits per heavy atom. The first-order chi connectivity index (χ1) is 14.1. The van der Waals surface area contributed by atoms with Crippen LogP contribution in [0.5, 0.6) is 5.75 Å². The molecule has 3 aromatic rings. The van der Waals surface area contributed by atoms with E-state index in [-0.39, 0.29) is 5.91 Å². The fourth-order valence-electron chi connectivity index (χ4n) is 3.50. The fourth-order valence-corrected chi connectivity index (χ4v) is 3.50. The van der Waals surface area contributed by atoms with Gasteiger partial charge in [0.2, 0.25) is 5.91 Å². The van der Waals surface area contributed by atoms with Crippen molar-refractivity contribution in [2.45, 2.75) is 40.2 Å². The average Bonchev–Trinajstić information content (AvgIpc) is 3.02. The SMILES string of the molecule is C/C=C/C(=O)NCCc1nc2ccccc2n1CCCOc1cc(C)cc(C)c1. The molecule has 0 aliphatic heterocycles. The molecule has 5 heteroatoms. The second-order valence-electron chi connectivity index (χ2n) is 7.23. The third kappa shape index (κ3) is 5.70. The summed E-state index contributed by atoms with van der Waals surface area (Å²) in [5.74, 6) is 1.83. The molecule has 29 heavy (non-hydrogen) atoms. The smallest absolute Gasteiger partial charge is 0.243 e. The van der Waals surface area contributed by atoms with Gasteiger partial charge in [-0.1, -0.05) is 24.3 Å². The van der Waals surface area contributed by atoms with E-state index in [0.29, 0.717) is 19.6 Å². The molecule has 152 valence electrons. The molecule has 0 spiro atoms. The van der Waals surface area contributed by atoms with E-state index in [1.54, 1.807) is 6.08 Å². The van der Waals surface area contributed by atoms with E-state index in [9.17, 15) is 4.79 Å². The topological polar surface area (TPSA) is 56.2 Å². The second-order valence-corrected chi connectivity index (χ2v) is 7.23. The van der Waals surface area contributed by atoms with Gasteiger partial charge in [0, 0.05) is 19.5 Å². The zero-order chi connectivity index (χ0) is 20.6. The van der Waals surface area contributed by atoms with Gasteiger partial charge >= 0.3 is 0 Å². The predicted octanol–water partition coefficient (Wildman–Crippen LogP) is 4.36. The molecule has 1 aromatic heterocycles. The Balaban J connectivity index is 1.63. The predicted molar refractivity (Wildman–Crippen MR) is 117 cm³/mol. The summed E-state index contributed by atoms with van der Waals surface area (Å²) in [6.45, 7) is 8.03. The van der Waals surface area contributed by atoms with Crippen LogP contribution in [0.4, 0.5) is 0 Å². The van der Waals surface area contributed by atoms with Crippen LogP contribution in [0.3, 0.4) is 0 Å². The standard InChI is InChI=1S/C24H29N3O2/c1-4-8-24(28)25-12-11-23-26-21-9-5-6-10-22(21)27(23)13-7-14-29-20-16-18(2)15-19(3)17-20/h4-6,8-10,15-17H,7,11-14H2,1-3H3,(H,25,28)/b8-4+. The van der Waals surface area contributed by atoms with E-state index < -0.39 is 0 Å². The van der Waals surface area contributed by atoms with Crippen molar-refractivity contribution in [2.75, 3.05) is 13.2 Å². The van der Waals surface area contributed by atoms with Gasteiger partial charge in [0.15, 0.2) is 0 Å². The molecule has 0 radical (unpaired) electrons. The minimum Gasteiger partial charge on any atom is -0.494 e. The first-order valence-corrected chi connectivity index (χ1v) is 10.1. The maximum Gasteiger partial charge on any atom is 0.243 e. The zero-order valence-electron chi connectivity index (χ0n) is 17.4. The molecule has 1 heterocycles. The van der Waals surface area contributed by atoms with Gasteiger partial charge in [-0.25, -0.2) is 4.98 Å². The number of ether oxygens (including phenoxy) is 1. The molecule has 0 saturated heterocycles. The van der Waals surface area contributed by atoms with Gasteiger partial charge in [0.1, 0.15) is 11.6 Å². The highest BCUT2D eigenvalue weighted by Crippen LogP contribution is 2.19. The number of carbonyl (C=O) groups is 1. The minimum absolute atomic E-state index is 0.0722. The summed E-state index contributed by atoms with van der Waals surface area (Å²) in [4.78, 5) is 16.4. The van der Waals surface area contributed by atoms with Crippen molar-refractivity contribution < 1.29 is 9.53 Å². The number of nitrogens with one attached hydrogen (secondary N) is 1. The third-order valence-corrected chi connectivity index (χ3v) is 4.69. The van der Waals surface area contributed by atoms with Gasteiger partial charge in [-0.05, 0) is 68.7 Å². The molecule has 1 amide bonds. The maximum absolute atomic E-state index is 11.6. The molecule has 5 nitrogen and oxygen atoms in total. The number of aromatic nitrogens is 2. The van der Waals surface area contributed by atoms with E-state index in [2.05, 4.69) is 48.0 Å². The number of amides is 1. The number of rotatable bonds is 9. The van der Waals surface area contributed by atoms with Gasteiger partial charge in [-0.15, -0.1) is 0 Å². The highest BCUT2D eigenvalue weighted by molar-refractivity contribution is 5.87. The number of aryl methyl sites for hydroxylation is 3. The molecule has 1 N–H and O–H groups in total. The van der Waals surface area contributed by atoms with Gasteiger partial charge in [0.05, 0.1) is 17.6 Å². The molecule has 0 aliphatic rings. The molecule has 0 saturated carbocycles. The van der Waals surface area contributed by atoms with E-state index in [1.807, 2.05) is 25.1 Å². The summed E-state index contributed by atoms with van der Waals surface area (Å²) in [6.07, 6.45) is 4.84. The molecule has 0 bridgehead atoms. The number of benzene rings is 2. The van der Waals surface area contributed by atoms with Crippen molar-refractivity contribution >= 4 is 16.9 Å². The first kappa shape index (κ1) is 20.6. The second kappa shape index (κ2) is 9.92. The number of nitrogens with zero attached hydrogens (tertiary/aromatic N) is 2. The summed E-state index contributed by atoms with van der Waals surface area (Å²) >= 11 is 0. The highest BCUT2D eigenvalue weighted by atomic mass is 16.5.